The van der Waals surface area contributed by atoms with Gasteiger partial charge in [-0.1, -0.05) is 36.9 Å². The molecule has 5 heteroatoms. The number of hydrogen-bond acceptors (Lipinski definition) is 3. The van der Waals surface area contributed by atoms with E-state index in [1.165, 1.54) is 12.1 Å². The van der Waals surface area contributed by atoms with Crippen molar-refractivity contribution in [2.24, 2.45) is 0 Å². The predicted octanol–water partition coefficient (Wildman–Crippen LogP) is 1.40. The minimum absolute atomic E-state index is 0.248. The minimum atomic E-state index is -4.26. The van der Waals surface area contributed by atoms with Gasteiger partial charge in [-0.05, 0) is 5.56 Å². The first-order valence-electron chi connectivity index (χ1n) is 4.13. The molecular formula is C10H10O4S. The number of hydrogen-bond donors (Lipinski definition) is 1. The van der Waals surface area contributed by atoms with E-state index in [0.717, 1.165) is 5.56 Å². The number of Topliss-reactive ketones (excluding diaryl/α,β-unsaturated/α-hetero) is 1. The largest absolute Gasteiger partial charge is 0.293 e. The lowest BCUT2D eigenvalue weighted by atomic mass is 10.1. The Labute approximate surface area is 88.0 Å². The van der Waals surface area contributed by atoms with Gasteiger partial charge in [0.05, 0.1) is 0 Å². The van der Waals surface area contributed by atoms with Gasteiger partial charge in [0.25, 0.3) is 10.1 Å². The van der Waals surface area contributed by atoms with Gasteiger partial charge in [0, 0.05) is 5.56 Å². The highest BCUT2D eigenvalue weighted by Gasteiger charge is 2.14. The van der Waals surface area contributed by atoms with Gasteiger partial charge in [-0.3, -0.25) is 9.35 Å². The van der Waals surface area contributed by atoms with Gasteiger partial charge in [-0.2, -0.15) is 8.42 Å². The fourth-order valence-corrected chi connectivity index (χ4v) is 1.55. The molecule has 0 saturated carbocycles. The van der Waals surface area contributed by atoms with Crippen LogP contribution in [0.25, 0.3) is 6.08 Å². The molecule has 0 amide bonds. The van der Waals surface area contributed by atoms with Crippen molar-refractivity contribution >= 4 is 22.0 Å². The van der Waals surface area contributed by atoms with Crippen LogP contribution in [0, 0.1) is 0 Å². The monoisotopic (exact) mass is 226 g/mol. The summed E-state index contributed by atoms with van der Waals surface area (Å²) in [6, 6.07) is 6.27. The lowest BCUT2D eigenvalue weighted by molar-refractivity contribution is 0.101. The van der Waals surface area contributed by atoms with Crippen molar-refractivity contribution in [1.29, 1.82) is 0 Å². The van der Waals surface area contributed by atoms with Crippen LogP contribution in [-0.2, 0) is 10.1 Å². The topological polar surface area (TPSA) is 71.4 Å². The Balaban J connectivity index is 2.88. The number of ketones is 1. The van der Waals surface area contributed by atoms with Crippen molar-refractivity contribution in [3.63, 3.8) is 0 Å². The molecule has 0 aliphatic carbocycles. The molecule has 80 valence electrons. The summed E-state index contributed by atoms with van der Waals surface area (Å²) in [5, 5.41) is 0. The lowest BCUT2D eigenvalue weighted by Crippen LogP contribution is -2.14. The molecule has 1 aromatic rings. The molecule has 1 aromatic carbocycles. The third kappa shape index (κ3) is 3.65. The van der Waals surface area contributed by atoms with E-state index in [4.69, 9.17) is 4.55 Å². The van der Waals surface area contributed by atoms with Crippen molar-refractivity contribution < 1.29 is 17.8 Å². The van der Waals surface area contributed by atoms with Gasteiger partial charge in [0.15, 0.2) is 5.78 Å². The Hall–Kier alpha value is -1.46. The molecule has 0 spiro atoms. The van der Waals surface area contributed by atoms with E-state index >= 15 is 0 Å². The van der Waals surface area contributed by atoms with Gasteiger partial charge in [-0.25, -0.2) is 0 Å². The summed E-state index contributed by atoms with van der Waals surface area (Å²) in [4.78, 5) is 11.3. The average molecular weight is 226 g/mol. The molecule has 0 aliphatic heterocycles. The van der Waals surface area contributed by atoms with Crippen LogP contribution in [0.1, 0.15) is 15.9 Å². The Morgan fingerprint density at radius 1 is 1.33 bits per heavy atom. The summed E-state index contributed by atoms with van der Waals surface area (Å²) in [5.41, 5.74) is 1.08. The molecule has 0 radical (unpaired) electrons. The van der Waals surface area contributed by atoms with Crippen LogP contribution in [0.15, 0.2) is 30.8 Å². The van der Waals surface area contributed by atoms with E-state index in [1.807, 2.05) is 0 Å². The quantitative estimate of drug-likeness (QED) is 0.622. The standard InChI is InChI=1S/C10H10O4S/c1-2-8-3-5-9(6-4-8)10(11)7-15(12,13)14/h2-6H,1,7H2,(H,12,13,14). The third-order valence-electron chi connectivity index (χ3n) is 1.78. The maximum Gasteiger partial charge on any atom is 0.272 e. The fraction of sp³-hybridized carbons (Fsp3) is 0.100. The summed E-state index contributed by atoms with van der Waals surface area (Å²) in [6.45, 7) is 3.54. The molecule has 1 N–H and O–H groups in total. The first kappa shape index (κ1) is 11.6. The van der Waals surface area contributed by atoms with Gasteiger partial charge >= 0.3 is 0 Å². The molecule has 0 aromatic heterocycles. The number of carbonyl (C=O) groups is 1. The Bertz CT molecular complexity index is 471. The Kier molecular flexibility index (Phi) is 3.39. The molecule has 1 rings (SSSR count). The van der Waals surface area contributed by atoms with E-state index in [-0.39, 0.29) is 5.56 Å². The molecule has 0 saturated heterocycles. The molecule has 0 bridgehead atoms. The highest BCUT2D eigenvalue weighted by atomic mass is 32.2. The van der Waals surface area contributed by atoms with Crippen LogP contribution in [0.2, 0.25) is 0 Å². The van der Waals surface area contributed by atoms with Gasteiger partial charge < -0.3 is 0 Å². The van der Waals surface area contributed by atoms with E-state index in [0.29, 0.717) is 0 Å². The fourth-order valence-electron chi connectivity index (χ4n) is 1.05. The van der Waals surface area contributed by atoms with Crippen molar-refractivity contribution in [1.82, 2.24) is 0 Å². The molecule has 15 heavy (non-hydrogen) atoms. The van der Waals surface area contributed by atoms with Crippen molar-refractivity contribution in [2.45, 2.75) is 0 Å². The van der Waals surface area contributed by atoms with E-state index in [9.17, 15) is 13.2 Å². The maximum absolute atomic E-state index is 11.3. The van der Waals surface area contributed by atoms with E-state index in [2.05, 4.69) is 6.58 Å². The van der Waals surface area contributed by atoms with E-state index in [1.54, 1.807) is 18.2 Å². The minimum Gasteiger partial charge on any atom is -0.293 e. The van der Waals surface area contributed by atoms with Crippen LogP contribution in [-0.4, -0.2) is 24.5 Å². The first-order chi connectivity index (χ1) is 6.92. The van der Waals surface area contributed by atoms with E-state index < -0.39 is 21.7 Å². The van der Waals surface area contributed by atoms with Crippen LogP contribution >= 0.6 is 0 Å². The molecule has 0 aliphatic rings. The highest BCUT2D eigenvalue weighted by molar-refractivity contribution is 7.86. The zero-order valence-corrected chi connectivity index (χ0v) is 8.70. The SMILES string of the molecule is C=Cc1ccc(C(=O)CS(=O)(=O)O)cc1. The molecule has 4 nitrogen and oxygen atoms in total. The van der Waals surface area contributed by atoms with Gasteiger partial charge in [-0.15, -0.1) is 0 Å². The summed E-state index contributed by atoms with van der Waals surface area (Å²) >= 11 is 0. The number of carbonyl (C=O) groups excluding carboxylic acids is 1. The second kappa shape index (κ2) is 4.37. The zero-order chi connectivity index (χ0) is 11.5. The maximum atomic E-state index is 11.3. The van der Waals surface area contributed by atoms with Crippen molar-refractivity contribution in [3.8, 4) is 0 Å². The normalized spacial score (nSPS) is 11.0. The van der Waals surface area contributed by atoms with Gasteiger partial charge in [0.2, 0.25) is 0 Å². The molecule has 0 atom stereocenters. The van der Waals surface area contributed by atoms with Gasteiger partial charge in [0.1, 0.15) is 5.75 Å². The Morgan fingerprint density at radius 3 is 2.27 bits per heavy atom. The predicted molar refractivity (Wildman–Crippen MR) is 57.3 cm³/mol. The van der Waals surface area contributed by atoms with Crippen LogP contribution < -0.4 is 0 Å². The second-order valence-corrected chi connectivity index (χ2v) is 4.43. The Morgan fingerprint density at radius 2 is 1.87 bits per heavy atom. The van der Waals surface area contributed by atoms with Crippen LogP contribution in [0.4, 0.5) is 0 Å². The smallest absolute Gasteiger partial charge is 0.272 e. The molecular weight excluding hydrogens is 216 g/mol. The summed E-state index contributed by atoms with van der Waals surface area (Å²) < 4.78 is 29.4. The van der Waals surface area contributed by atoms with Crippen molar-refractivity contribution in [2.75, 3.05) is 5.75 Å². The highest BCUT2D eigenvalue weighted by Crippen LogP contribution is 2.07. The lowest BCUT2D eigenvalue weighted by Gasteiger charge is -1.99. The molecule has 0 fully saturated rings. The second-order valence-electron chi connectivity index (χ2n) is 2.98. The molecule has 0 unspecified atom stereocenters. The van der Waals surface area contributed by atoms with Crippen molar-refractivity contribution in [3.05, 3.63) is 42.0 Å². The number of benzene rings is 1. The van der Waals surface area contributed by atoms with Crippen LogP contribution in [0.3, 0.4) is 0 Å². The zero-order valence-electron chi connectivity index (χ0n) is 7.88. The summed E-state index contributed by atoms with van der Waals surface area (Å²) in [7, 11) is -4.26. The van der Waals surface area contributed by atoms with Crippen LogP contribution in [0.5, 0.6) is 0 Å². The average Bonchev–Trinajstić information content (AvgIpc) is 2.15. The first-order valence-corrected chi connectivity index (χ1v) is 5.74. The third-order valence-corrected chi connectivity index (χ3v) is 2.41. The number of rotatable bonds is 4. The summed E-state index contributed by atoms with van der Waals surface area (Å²) in [5.74, 6) is -1.52. The molecule has 0 heterocycles. The summed E-state index contributed by atoms with van der Waals surface area (Å²) in [6.07, 6.45) is 1.61.